The minimum absolute atomic E-state index is 0.341. The molecule has 0 spiro atoms. The van der Waals surface area contributed by atoms with E-state index in [1.807, 2.05) is 16.8 Å². The van der Waals surface area contributed by atoms with Crippen LogP contribution in [0, 0.1) is 0 Å². The topological polar surface area (TPSA) is 100 Å². The van der Waals surface area contributed by atoms with E-state index >= 15 is 0 Å². The van der Waals surface area contributed by atoms with Crippen LogP contribution in [0.5, 0.6) is 5.75 Å². The van der Waals surface area contributed by atoms with Gasteiger partial charge in [0, 0.05) is 32.5 Å². The molecule has 2 aromatic heterocycles. The molecule has 0 aliphatic heterocycles. The summed E-state index contributed by atoms with van der Waals surface area (Å²) in [6.07, 6.45) is 0.862. The quantitative estimate of drug-likeness (QED) is 0.407. The van der Waals surface area contributed by atoms with Gasteiger partial charge in [0.15, 0.2) is 17.2 Å². The molecule has 3 aromatic rings. The lowest BCUT2D eigenvalue weighted by molar-refractivity contribution is 0.0768. The first kappa shape index (κ1) is 20.2. The summed E-state index contributed by atoms with van der Waals surface area (Å²) in [7, 11) is 0.511. The van der Waals surface area contributed by atoms with Gasteiger partial charge in [-0.25, -0.2) is 4.68 Å². The molecule has 0 amide bonds. The Labute approximate surface area is 166 Å². The number of hydrogen-bond acceptors (Lipinski definition) is 7. The maximum atomic E-state index is 5.85. The Hall–Kier alpha value is -2.52. The van der Waals surface area contributed by atoms with Gasteiger partial charge < -0.3 is 25.0 Å². The third-order valence-electron chi connectivity index (χ3n) is 4.52. The first-order chi connectivity index (χ1) is 13.3. The summed E-state index contributed by atoms with van der Waals surface area (Å²) in [6.45, 7) is 10.3. The Morgan fingerprint density at radius 3 is 2.71 bits per heavy atom. The van der Waals surface area contributed by atoms with Crippen molar-refractivity contribution in [3.8, 4) is 5.75 Å². The molecule has 0 bridgehead atoms. The van der Waals surface area contributed by atoms with Gasteiger partial charge in [0.25, 0.3) is 0 Å². The van der Waals surface area contributed by atoms with Gasteiger partial charge in [0.2, 0.25) is 0 Å². The number of anilines is 3. The van der Waals surface area contributed by atoms with Crippen molar-refractivity contribution in [1.82, 2.24) is 14.9 Å². The minimum atomic E-state index is -1.10. The molecule has 9 heteroatoms. The van der Waals surface area contributed by atoms with Crippen LogP contribution in [0.1, 0.15) is 12.6 Å². The zero-order valence-electron chi connectivity index (χ0n) is 17.2. The minimum Gasteiger partial charge on any atom is -0.495 e. The summed E-state index contributed by atoms with van der Waals surface area (Å²) in [5.74, 6) is 1.70. The lowest BCUT2D eigenvalue weighted by Gasteiger charge is -2.15. The zero-order valence-corrected chi connectivity index (χ0v) is 18.2. The Balaban J connectivity index is 1.75. The molecule has 0 fully saturated rings. The number of nitrogens with one attached hydrogen (secondary N) is 1. The summed E-state index contributed by atoms with van der Waals surface area (Å²) in [6, 6.07) is 6.77. The second-order valence-electron chi connectivity index (χ2n) is 7.96. The summed E-state index contributed by atoms with van der Waals surface area (Å²) < 4.78 is 18.5. The third-order valence-corrected chi connectivity index (χ3v) is 6.22. The van der Waals surface area contributed by atoms with Crippen LogP contribution in [-0.4, -0.2) is 36.7 Å². The van der Waals surface area contributed by atoms with Gasteiger partial charge in [-0.15, -0.1) is 0 Å². The monoisotopic (exact) mass is 403 g/mol. The Bertz CT molecular complexity index is 945. The normalized spacial score (nSPS) is 11.9. The SMILES string of the molecule is CCc1cc(Nc2cc3onc(N)c3cc2OC)nn1COCC[Si](C)(C)C. The van der Waals surface area contributed by atoms with Crippen LogP contribution in [0.2, 0.25) is 25.7 Å². The number of hydrogen-bond donors (Lipinski definition) is 2. The second kappa shape index (κ2) is 8.23. The molecule has 0 radical (unpaired) electrons. The number of rotatable bonds is 9. The molecule has 152 valence electrons. The van der Waals surface area contributed by atoms with E-state index in [9.17, 15) is 0 Å². The van der Waals surface area contributed by atoms with Crippen LogP contribution < -0.4 is 15.8 Å². The van der Waals surface area contributed by atoms with Crippen molar-refractivity contribution >= 4 is 36.4 Å². The maximum absolute atomic E-state index is 5.85. The molecule has 2 heterocycles. The predicted molar refractivity (Wildman–Crippen MR) is 114 cm³/mol. The zero-order chi connectivity index (χ0) is 20.3. The third kappa shape index (κ3) is 4.66. The van der Waals surface area contributed by atoms with Gasteiger partial charge in [-0.1, -0.05) is 31.7 Å². The first-order valence-corrected chi connectivity index (χ1v) is 13.2. The summed E-state index contributed by atoms with van der Waals surface area (Å²) in [4.78, 5) is 0. The highest BCUT2D eigenvalue weighted by molar-refractivity contribution is 6.76. The smallest absolute Gasteiger partial charge is 0.174 e. The Kier molecular flexibility index (Phi) is 5.95. The van der Waals surface area contributed by atoms with Crippen LogP contribution in [0.3, 0.4) is 0 Å². The molecule has 0 aliphatic rings. The van der Waals surface area contributed by atoms with E-state index in [2.05, 4.69) is 42.1 Å². The maximum Gasteiger partial charge on any atom is 0.174 e. The highest BCUT2D eigenvalue weighted by Crippen LogP contribution is 2.34. The van der Waals surface area contributed by atoms with Crippen LogP contribution in [-0.2, 0) is 17.9 Å². The number of aromatic nitrogens is 3. The fourth-order valence-electron chi connectivity index (χ4n) is 2.83. The molecule has 3 rings (SSSR count). The number of methoxy groups -OCH3 is 1. The molecular formula is C19H29N5O3Si. The lowest BCUT2D eigenvalue weighted by atomic mass is 10.2. The summed E-state index contributed by atoms with van der Waals surface area (Å²) in [5, 5.41) is 12.5. The summed E-state index contributed by atoms with van der Waals surface area (Å²) in [5.41, 5.74) is 8.24. The number of nitrogens with two attached hydrogens (primary N) is 1. The van der Waals surface area contributed by atoms with Crippen molar-refractivity contribution in [1.29, 1.82) is 0 Å². The fraction of sp³-hybridized carbons (Fsp3) is 0.474. The number of benzene rings is 1. The van der Waals surface area contributed by atoms with Crippen molar-refractivity contribution in [2.24, 2.45) is 0 Å². The van der Waals surface area contributed by atoms with E-state index < -0.39 is 8.07 Å². The number of ether oxygens (including phenoxy) is 2. The molecule has 0 atom stereocenters. The molecule has 28 heavy (non-hydrogen) atoms. The number of nitrogens with zero attached hydrogens (tertiary/aromatic N) is 3. The Morgan fingerprint density at radius 2 is 2.04 bits per heavy atom. The van der Waals surface area contributed by atoms with Gasteiger partial charge in [0.05, 0.1) is 18.2 Å². The van der Waals surface area contributed by atoms with Crippen molar-refractivity contribution in [3.63, 3.8) is 0 Å². The molecule has 0 saturated heterocycles. The first-order valence-electron chi connectivity index (χ1n) is 9.45. The molecule has 0 aliphatic carbocycles. The standard InChI is InChI=1S/C19H29N5O3Si/c1-6-13-9-18(22-24(13)12-26-7-8-28(3,4)5)21-15-11-16-14(10-17(15)25-2)19(20)23-27-16/h9-11H,6-8,12H2,1-5H3,(H2,20,23)(H,21,22). The van der Waals surface area contributed by atoms with E-state index in [0.717, 1.165) is 41.7 Å². The van der Waals surface area contributed by atoms with Crippen molar-refractivity contribution in [2.75, 3.05) is 24.8 Å². The van der Waals surface area contributed by atoms with E-state index in [1.165, 1.54) is 0 Å². The van der Waals surface area contributed by atoms with Crippen molar-refractivity contribution in [3.05, 3.63) is 23.9 Å². The van der Waals surface area contributed by atoms with Crippen LogP contribution in [0.15, 0.2) is 22.7 Å². The van der Waals surface area contributed by atoms with Gasteiger partial charge in [0.1, 0.15) is 12.5 Å². The van der Waals surface area contributed by atoms with Crippen LogP contribution >= 0.6 is 0 Å². The van der Waals surface area contributed by atoms with E-state index in [4.69, 9.17) is 19.7 Å². The Morgan fingerprint density at radius 1 is 1.25 bits per heavy atom. The van der Waals surface area contributed by atoms with Crippen molar-refractivity contribution in [2.45, 2.75) is 45.8 Å². The molecule has 0 unspecified atom stereocenters. The van der Waals surface area contributed by atoms with E-state index in [-0.39, 0.29) is 0 Å². The molecule has 0 saturated carbocycles. The van der Waals surface area contributed by atoms with E-state index in [0.29, 0.717) is 23.9 Å². The summed E-state index contributed by atoms with van der Waals surface area (Å²) >= 11 is 0. The van der Waals surface area contributed by atoms with Crippen LogP contribution in [0.4, 0.5) is 17.3 Å². The highest BCUT2D eigenvalue weighted by Gasteiger charge is 2.15. The average molecular weight is 404 g/mol. The van der Waals surface area contributed by atoms with E-state index in [1.54, 1.807) is 13.2 Å². The van der Waals surface area contributed by atoms with Gasteiger partial charge in [-0.3, -0.25) is 0 Å². The van der Waals surface area contributed by atoms with Gasteiger partial charge in [-0.05, 0) is 18.5 Å². The number of fused-ring (bicyclic) bond motifs is 1. The largest absolute Gasteiger partial charge is 0.495 e. The highest BCUT2D eigenvalue weighted by atomic mass is 28.3. The van der Waals surface area contributed by atoms with Gasteiger partial charge in [-0.2, -0.15) is 5.10 Å². The van der Waals surface area contributed by atoms with Crippen molar-refractivity contribution < 1.29 is 14.0 Å². The molecule has 3 N–H and O–H groups in total. The molecular weight excluding hydrogens is 374 g/mol. The predicted octanol–water partition coefficient (Wildman–Crippen LogP) is 4.23. The fourth-order valence-corrected chi connectivity index (χ4v) is 3.59. The lowest BCUT2D eigenvalue weighted by Crippen LogP contribution is -2.22. The average Bonchev–Trinajstić information content (AvgIpc) is 3.20. The second-order valence-corrected chi connectivity index (χ2v) is 13.6. The van der Waals surface area contributed by atoms with Crippen LogP contribution in [0.25, 0.3) is 11.0 Å². The van der Waals surface area contributed by atoms with Gasteiger partial charge >= 0.3 is 0 Å². The number of nitrogen functional groups attached to an aromatic ring is 1. The molecule has 1 aromatic carbocycles. The molecule has 8 nitrogen and oxygen atoms in total. The number of aryl methyl sites for hydroxylation is 1.